The van der Waals surface area contributed by atoms with E-state index in [1.165, 1.54) is 23.3 Å². The minimum Gasteiger partial charge on any atom is -0.324 e. The quantitative estimate of drug-likeness (QED) is 0.614. The summed E-state index contributed by atoms with van der Waals surface area (Å²) in [5.41, 5.74) is 3.06. The number of aryl methyl sites for hydroxylation is 1. The van der Waals surface area contributed by atoms with Crippen LogP contribution in [0.3, 0.4) is 0 Å². The van der Waals surface area contributed by atoms with Gasteiger partial charge in [-0.2, -0.15) is 0 Å². The van der Waals surface area contributed by atoms with Gasteiger partial charge in [-0.3, -0.25) is 24.7 Å². The van der Waals surface area contributed by atoms with E-state index in [1.807, 2.05) is 6.92 Å². The molecule has 7 heteroatoms. The second-order valence-corrected chi connectivity index (χ2v) is 7.21. The summed E-state index contributed by atoms with van der Waals surface area (Å²) in [6, 6.07) is 14.2. The van der Waals surface area contributed by atoms with Crippen molar-refractivity contribution < 1.29 is 9.72 Å². The summed E-state index contributed by atoms with van der Waals surface area (Å²) in [4.78, 5) is 27.6. The molecule has 28 heavy (non-hydrogen) atoms. The Morgan fingerprint density at radius 1 is 1.14 bits per heavy atom. The number of amides is 1. The summed E-state index contributed by atoms with van der Waals surface area (Å²) in [5.74, 6) is -0.146. The van der Waals surface area contributed by atoms with Crippen molar-refractivity contribution in [1.29, 1.82) is 0 Å². The Kier molecular flexibility index (Phi) is 6.38. The lowest BCUT2D eigenvalue weighted by Crippen LogP contribution is -2.52. The van der Waals surface area contributed by atoms with E-state index in [4.69, 9.17) is 0 Å². The number of nitro groups is 1. The molecule has 1 heterocycles. The molecule has 0 saturated carbocycles. The van der Waals surface area contributed by atoms with E-state index in [1.54, 1.807) is 12.1 Å². The molecule has 3 rings (SSSR count). The van der Waals surface area contributed by atoms with Crippen LogP contribution in [0, 0.1) is 17.0 Å². The summed E-state index contributed by atoms with van der Waals surface area (Å²) in [6.45, 7) is 8.38. The molecule has 1 aliphatic rings. The van der Waals surface area contributed by atoms with Crippen LogP contribution >= 0.6 is 0 Å². The summed E-state index contributed by atoms with van der Waals surface area (Å²) in [6.07, 6.45) is 0. The molecule has 2 aromatic carbocycles. The first-order valence-electron chi connectivity index (χ1n) is 9.50. The summed E-state index contributed by atoms with van der Waals surface area (Å²) >= 11 is 0. The number of rotatable bonds is 6. The van der Waals surface area contributed by atoms with Crippen molar-refractivity contribution in [1.82, 2.24) is 9.80 Å². The second-order valence-electron chi connectivity index (χ2n) is 7.21. The molecule has 0 aromatic heterocycles. The van der Waals surface area contributed by atoms with Gasteiger partial charge in [0, 0.05) is 50.5 Å². The number of piperazine rings is 1. The van der Waals surface area contributed by atoms with Crippen LogP contribution in [-0.2, 0) is 11.3 Å². The third kappa shape index (κ3) is 4.94. The van der Waals surface area contributed by atoms with E-state index < -0.39 is 4.92 Å². The smallest absolute Gasteiger partial charge is 0.271 e. The van der Waals surface area contributed by atoms with Gasteiger partial charge in [0.2, 0.25) is 5.91 Å². The lowest BCUT2D eigenvalue weighted by molar-refractivity contribution is -0.384. The number of hydrogen-bond acceptors (Lipinski definition) is 5. The summed E-state index contributed by atoms with van der Waals surface area (Å²) < 4.78 is 0. The molecule has 0 aliphatic carbocycles. The predicted octanol–water partition coefficient (Wildman–Crippen LogP) is 3.05. The minimum absolute atomic E-state index is 0.0322. The van der Waals surface area contributed by atoms with Gasteiger partial charge in [0.05, 0.1) is 11.0 Å². The van der Waals surface area contributed by atoms with Gasteiger partial charge in [-0.05, 0) is 31.0 Å². The molecule has 2 aromatic rings. The highest BCUT2D eigenvalue weighted by atomic mass is 16.6. The average Bonchev–Trinajstić information content (AvgIpc) is 2.70. The van der Waals surface area contributed by atoms with E-state index in [0.717, 1.165) is 32.7 Å². The molecular weight excluding hydrogens is 356 g/mol. The maximum Gasteiger partial charge on any atom is 0.271 e. The molecule has 1 unspecified atom stereocenters. The molecular formula is C21H26N4O3. The zero-order valence-corrected chi connectivity index (χ0v) is 16.3. The molecule has 7 nitrogen and oxygen atoms in total. The highest BCUT2D eigenvalue weighted by molar-refractivity contribution is 5.94. The first-order valence-corrected chi connectivity index (χ1v) is 9.50. The number of nitrogens with one attached hydrogen (secondary N) is 1. The van der Waals surface area contributed by atoms with Crippen LogP contribution < -0.4 is 5.32 Å². The van der Waals surface area contributed by atoms with Crippen molar-refractivity contribution in [2.24, 2.45) is 0 Å². The van der Waals surface area contributed by atoms with Crippen LogP contribution in [0.25, 0.3) is 0 Å². The topological polar surface area (TPSA) is 78.7 Å². The maximum absolute atomic E-state index is 12.6. The van der Waals surface area contributed by atoms with E-state index in [-0.39, 0.29) is 17.6 Å². The fourth-order valence-corrected chi connectivity index (χ4v) is 3.45. The van der Waals surface area contributed by atoms with Crippen LogP contribution in [0.2, 0.25) is 0 Å². The van der Waals surface area contributed by atoms with E-state index in [2.05, 4.69) is 46.3 Å². The van der Waals surface area contributed by atoms with Crippen molar-refractivity contribution in [2.45, 2.75) is 26.4 Å². The lowest BCUT2D eigenvalue weighted by atomic mass is 10.1. The molecule has 1 N–H and O–H groups in total. The van der Waals surface area contributed by atoms with Crippen molar-refractivity contribution in [3.05, 3.63) is 69.8 Å². The number of carbonyl (C=O) groups is 1. The highest BCUT2D eigenvalue weighted by Gasteiger charge is 2.26. The molecule has 1 aliphatic heterocycles. The van der Waals surface area contributed by atoms with E-state index in [0.29, 0.717) is 5.69 Å². The van der Waals surface area contributed by atoms with Gasteiger partial charge in [0.15, 0.2) is 0 Å². The molecule has 1 amide bonds. The number of hydrogen-bond donors (Lipinski definition) is 1. The van der Waals surface area contributed by atoms with Gasteiger partial charge in [0.25, 0.3) is 5.69 Å². The highest BCUT2D eigenvalue weighted by Crippen LogP contribution is 2.18. The number of nitro benzene ring substituents is 1. The van der Waals surface area contributed by atoms with Crippen molar-refractivity contribution >= 4 is 17.3 Å². The SMILES string of the molecule is Cc1ccccc1CN1CCN(C(C)C(=O)Nc2cccc([N+](=O)[O-])c2)CC1. The van der Waals surface area contributed by atoms with Gasteiger partial charge in [-0.1, -0.05) is 30.3 Å². The van der Waals surface area contributed by atoms with Gasteiger partial charge >= 0.3 is 0 Å². The Morgan fingerprint density at radius 2 is 1.86 bits per heavy atom. The van der Waals surface area contributed by atoms with E-state index >= 15 is 0 Å². The number of anilines is 1. The maximum atomic E-state index is 12.6. The third-order valence-electron chi connectivity index (χ3n) is 5.31. The zero-order chi connectivity index (χ0) is 20.1. The molecule has 148 valence electrons. The van der Waals surface area contributed by atoms with Crippen LogP contribution in [0.5, 0.6) is 0 Å². The Balaban J connectivity index is 1.52. The standard InChI is InChI=1S/C21H26N4O3/c1-16-6-3-4-7-18(16)15-23-10-12-24(13-11-23)17(2)21(26)22-19-8-5-9-20(14-19)25(27)28/h3-9,14,17H,10-13,15H2,1-2H3,(H,22,26). The second kappa shape index (κ2) is 8.95. The Labute approximate surface area is 165 Å². The Morgan fingerprint density at radius 3 is 2.54 bits per heavy atom. The zero-order valence-electron chi connectivity index (χ0n) is 16.3. The Hall–Kier alpha value is -2.77. The molecule has 1 saturated heterocycles. The van der Waals surface area contributed by atoms with Crippen molar-refractivity contribution in [3.63, 3.8) is 0 Å². The third-order valence-corrected chi connectivity index (χ3v) is 5.31. The van der Waals surface area contributed by atoms with Crippen molar-refractivity contribution in [2.75, 3.05) is 31.5 Å². The van der Waals surface area contributed by atoms with Crippen LogP contribution in [0.1, 0.15) is 18.1 Å². The molecule has 0 spiro atoms. The monoisotopic (exact) mass is 382 g/mol. The first-order chi connectivity index (χ1) is 13.4. The molecule has 1 atom stereocenters. The number of benzene rings is 2. The Bertz CT molecular complexity index is 847. The normalized spacial score (nSPS) is 16.5. The fourth-order valence-electron chi connectivity index (χ4n) is 3.45. The molecule has 0 bridgehead atoms. The van der Waals surface area contributed by atoms with Crippen LogP contribution in [0.15, 0.2) is 48.5 Å². The van der Waals surface area contributed by atoms with Crippen LogP contribution in [0.4, 0.5) is 11.4 Å². The minimum atomic E-state index is -0.466. The largest absolute Gasteiger partial charge is 0.324 e. The molecule has 0 radical (unpaired) electrons. The van der Waals surface area contributed by atoms with Crippen LogP contribution in [-0.4, -0.2) is 52.9 Å². The summed E-state index contributed by atoms with van der Waals surface area (Å²) in [5, 5.41) is 13.7. The lowest BCUT2D eigenvalue weighted by Gasteiger charge is -2.37. The number of nitrogens with zero attached hydrogens (tertiary/aromatic N) is 3. The van der Waals surface area contributed by atoms with Crippen molar-refractivity contribution in [3.8, 4) is 0 Å². The summed E-state index contributed by atoms with van der Waals surface area (Å²) in [7, 11) is 0. The van der Waals surface area contributed by atoms with E-state index in [9.17, 15) is 14.9 Å². The number of carbonyl (C=O) groups excluding carboxylic acids is 1. The average molecular weight is 382 g/mol. The van der Waals surface area contributed by atoms with Gasteiger partial charge in [-0.15, -0.1) is 0 Å². The molecule has 1 fully saturated rings. The fraction of sp³-hybridized carbons (Fsp3) is 0.381. The van der Waals surface area contributed by atoms with Gasteiger partial charge in [-0.25, -0.2) is 0 Å². The van der Waals surface area contributed by atoms with Gasteiger partial charge < -0.3 is 5.32 Å². The first kappa shape index (κ1) is 20.0. The van der Waals surface area contributed by atoms with Gasteiger partial charge in [0.1, 0.15) is 0 Å². The predicted molar refractivity (Wildman–Crippen MR) is 109 cm³/mol. The number of non-ortho nitro benzene ring substituents is 1.